The van der Waals surface area contributed by atoms with Crippen LogP contribution in [0.4, 0.5) is 5.82 Å². The summed E-state index contributed by atoms with van der Waals surface area (Å²) in [6, 6.07) is 4.00. The number of guanidine groups is 1. The second kappa shape index (κ2) is 8.84. The molecule has 26 heavy (non-hydrogen) atoms. The van der Waals surface area contributed by atoms with Crippen LogP contribution >= 0.6 is 11.6 Å². The summed E-state index contributed by atoms with van der Waals surface area (Å²) in [6.45, 7) is 6.99. The largest absolute Gasteiger partial charge is 0.357 e. The molecule has 0 amide bonds. The Kier molecular flexibility index (Phi) is 6.27. The van der Waals surface area contributed by atoms with Gasteiger partial charge in [0.1, 0.15) is 5.82 Å². The molecule has 2 aromatic heterocycles. The van der Waals surface area contributed by atoms with Crippen molar-refractivity contribution in [3.05, 3.63) is 35.1 Å². The molecule has 3 heterocycles. The summed E-state index contributed by atoms with van der Waals surface area (Å²) in [7, 11) is 0. The van der Waals surface area contributed by atoms with E-state index in [2.05, 4.69) is 35.7 Å². The second-order valence-electron chi connectivity index (χ2n) is 6.13. The lowest BCUT2D eigenvalue weighted by Crippen LogP contribution is -2.44. The van der Waals surface area contributed by atoms with Gasteiger partial charge in [0.15, 0.2) is 11.8 Å². The zero-order valence-electron chi connectivity index (χ0n) is 15.1. The predicted octanol–water partition coefficient (Wildman–Crippen LogP) is 1.80. The maximum Gasteiger partial charge on any atom is 0.228 e. The number of nitrogens with one attached hydrogen (secondary N) is 2. The molecule has 1 atom stereocenters. The zero-order valence-corrected chi connectivity index (χ0v) is 15.8. The number of aryl methyl sites for hydroxylation is 1. The average molecular weight is 378 g/mol. The molecule has 1 saturated heterocycles. The molecule has 0 saturated carbocycles. The van der Waals surface area contributed by atoms with Gasteiger partial charge in [-0.1, -0.05) is 16.8 Å². The summed E-state index contributed by atoms with van der Waals surface area (Å²) in [4.78, 5) is 15.4. The topological polar surface area (TPSA) is 91.5 Å². The fourth-order valence-corrected chi connectivity index (χ4v) is 3.14. The molecule has 1 fully saturated rings. The van der Waals surface area contributed by atoms with Crippen molar-refractivity contribution in [2.45, 2.75) is 32.7 Å². The van der Waals surface area contributed by atoms with Crippen molar-refractivity contribution in [2.24, 2.45) is 4.99 Å². The Bertz CT molecular complexity index is 748. The first-order chi connectivity index (χ1) is 12.7. The second-order valence-corrected chi connectivity index (χ2v) is 6.54. The van der Waals surface area contributed by atoms with Crippen LogP contribution in [0.15, 0.2) is 27.8 Å². The van der Waals surface area contributed by atoms with Gasteiger partial charge >= 0.3 is 0 Å². The molecular weight excluding hydrogens is 354 g/mol. The predicted molar refractivity (Wildman–Crippen MR) is 102 cm³/mol. The molecule has 9 heteroatoms. The summed E-state index contributed by atoms with van der Waals surface area (Å²) >= 11 is 6.26. The lowest BCUT2D eigenvalue weighted by atomic mass is 10.3. The fourth-order valence-electron chi connectivity index (χ4n) is 2.90. The van der Waals surface area contributed by atoms with Crippen LogP contribution in [0, 0.1) is 6.92 Å². The minimum atomic E-state index is 0.288. The van der Waals surface area contributed by atoms with E-state index in [1.54, 1.807) is 6.20 Å². The third-order valence-electron chi connectivity index (χ3n) is 4.08. The Balaban J connectivity index is 1.54. The third kappa shape index (κ3) is 4.85. The molecule has 1 aliphatic heterocycles. The van der Waals surface area contributed by atoms with E-state index in [0.717, 1.165) is 37.8 Å². The van der Waals surface area contributed by atoms with Crippen LogP contribution in [0.1, 0.15) is 25.1 Å². The molecule has 2 aromatic rings. The molecule has 0 bridgehead atoms. The van der Waals surface area contributed by atoms with Crippen LogP contribution in [0.25, 0.3) is 0 Å². The maximum absolute atomic E-state index is 6.26. The summed E-state index contributed by atoms with van der Waals surface area (Å²) in [5.74, 6) is 2.89. The highest BCUT2D eigenvalue weighted by Crippen LogP contribution is 2.25. The number of aliphatic imine (C=N–C) groups is 1. The summed E-state index contributed by atoms with van der Waals surface area (Å²) in [5.41, 5.74) is 0. The van der Waals surface area contributed by atoms with Crippen molar-refractivity contribution in [1.29, 1.82) is 0 Å². The fraction of sp³-hybridized carbons (Fsp3) is 0.529. The molecule has 0 aromatic carbocycles. The van der Waals surface area contributed by atoms with Crippen molar-refractivity contribution in [2.75, 3.05) is 31.1 Å². The lowest BCUT2D eigenvalue weighted by molar-refractivity contribution is 0.376. The third-order valence-corrected chi connectivity index (χ3v) is 4.37. The molecule has 2 N–H and O–H groups in total. The molecular formula is C17H24ClN7O. The van der Waals surface area contributed by atoms with Gasteiger partial charge in [-0.15, -0.1) is 0 Å². The Morgan fingerprint density at radius 3 is 3.12 bits per heavy atom. The maximum atomic E-state index is 6.26. The minimum absolute atomic E-state index is 0.288. The van der Waals surface area contributed by atoms with Crippen LogP contribution in [0.3, 0.4) is 0 Å². The Morgan fingerprint density at radius 2 is 2.38 bits per heavy atom. The van der Waals surface area contributed by atoms with Gasteiger partial charge in [-0.3, -0.25) is 4.99 Å². The van der Waals surface area contributed by atoms with Crippen LogP contribution in [-0.4, -0.2) is 53.3 Å². The molecule has 140 valence electrons. The number of halogens is 1. The monoisotopic (exact) mass is 377 g/mol. The molecule has 1 unspecified atom stereocenters. The SMILES string of the molecule is CCNC(=NCCc1nc(C)no1)NC1CCN(c2ncccc2Cl)C1. The first-order valence-corrected chi connectivity index (χ1v) is 9.23. The van der Waals surface area contributed by atoms with Crippen molar-refractivity contribution in [3.8, 4) is 0 Å². The standard InChI is InChI=1S/C17H24ClN7O/c1-3-19-17(21-9-6-15-22-12(2)24-26-15)23-13-7-10-25(11-13)16-14(18)5-4-8-20-16/h4-5,8,13H,3,6-7,9-11H2,1-2H3,(H2,19,21,23). The molecule has 0 radical (unpaired) electrons. The van der Waals surface area contributed by atoms with Crippen molar-refractivity contribution in [3.63, 3.8) is 0 Å². The van der Waals surface area contributed by atoms with Gasteiger partial charge in [0.2, 0.25) is 5.89 Å². The highest BCUT2D eigenvalue weighted by molar-refractivity contribution is 6.32. The minimum Gasteiger partial charge on any atom is -0.357 e. The van der Waals surface area contributed by atoms with E-state index in [0.29, 0.717) is 29.7 Å². The number of nitrogens with zero attached hydrogens (tertiary/aromatic N) is 5. The number of aromatic nitrogens is 3. The normalized spacial score (nSPS) is 17.6. The molecule has 1 aliphatic rings. The number of pyridine rings is 1. The molecule has 8 nitrogen and oxygen atoms in total. The van der Waals surface area contributed by atoms with Crippen LogP contribution in [-0.2, 0) is 6.42 Å². The smallest absolute Gasteiger partial charge is 0.228 e. The van der Waals surface area contributed by atoms with Gasteiger partial charge in [0.05, 0.1) is 11.6 Å². The number of anilines is 1. The number of hydrogen-bond acceptors (Lipinski definition) is 6. The van der Waals surface area contributed by atoms with E-state index < -0.39 is 0 Å². The molecule has 0 aliphatic carbocycles. The molecule has 3 rings (SSSR count). The van der Waals surface area contributed by atoms with Crippen molar-refractivity contribution >= 4 is 23.4 Å². The summed E-state index contributed by atoms with van der Waals surface area (Å²) < 4.78 is 5.12. The van der Waals surface area contributed by atoms with Gasteiger partial charge in [0, 0.05) is 38.3 Å². The Hall–Kier alpha value is -2.35. The van der Waals surface area contributed by atoms with E-state index in [4.69, 9.17) is 16.1 Å². The van der Waals surface area contributed by atoms with Crippen LogP contribution in [0.5, 0.6) is 0 Å². The first kappa shape index (κ1) is 18.4. The van der Waals surface area contributed by atoms with E-state index in [9.17, 15) is 0 Å². The van der Waals surface area contributed by atoms with Gasteiger partial charge in [-0.2, -0.15) is 4.98 Å². The van der Waals surface area contributed by atoms with Crippen LogP contribution in [0.2, 0.25) is 5.02 Å². The van der Waals surface area contributed by atoms with Gasteiger partial charge in [-0.25, -0.2) is 4.98 Å². The van der Waals surface area contributed by atoms with E-state index in [-0.39, 0.29) is 6.04 Å². The highest BCUT2D eigenvalue weighted by Gasteiger charge is 2.25. The van der Waals surface area contributed by atoms with Crippen molar-refractivity contribution in [1.82, 2.24) is 25.8 Å². The first-order valence-electron chi connectivity index (χ1n) is 8.85. The van der Waals surface area contributed by atoms with Gasteiger partial charge in [0.25, 0.3) is 0 Å². The quantitative estimate of drug-likeness (QED) is 0.585. The Morgan fingerprint density at radius 1 is 1.50 bits per heavy atom. The van der Waals surface area contributed by atoms with Gasteiger partial charge < -0.3 is 20.1 Å². The van der Waals surface area contributed by atoms with Crippen LogP contribution < -0.4 is 15.5 Å². The Labute approximate surface area is 158 Å². The summed E-state index contributed by atoms with van der Waals surface area (Å²) in [5, 5.41) is 11.2. The van der Waals surface area contributed by atoms with E-state index >= 15 is 0 Å². The number of hydrogen-bond donors (Lipinski definition) is 2. The summed E-state index contributed by atoms with van der Waals surface area (Å²) in [6.07, 6.45) is 3.39. The van der Waals surface area contributed by atoms with E-state index in [1.165, 1.54) is 0 Å². The van der Waals surface area contributed by atoms with Crippen molar-refractivity contribution < 1.29 is 4.52 Å². The molecule has 0 spiro atoms. The average Bonchev–Trinajstić information content (AvgIpc) is 3.25. The number of rotatable bonds is 6. The zero-order chi connectivity index (χ0) is 18.4. The lowest BCUT2D eigenvalue weighted by Gasteiger charge is -2.20. The highest BCUT2D eigenvalue weighted by atomic mass is 35.5. The van der Waals surface area contributed by atoms with E-state index in [1.807, 2.05) is 26.0 Å². The van der Waals surface area contributed by atoms with Gasteiger partial charge in [-0.05, 0) is 32.4 Å².